The van der Waals surface area contributed by atoms with Gasteiger partial charge in [-0.2, -0.15) is 14.9 Å². The Morgan fingerprint density at radius 2 is 1.72 bits per heavy atom. The van der Waals surface area contributed by atoms with Crippen molar-refractivity contribution in [3.8, 4) is 22.7 Å². The minimum absolute atomic E-state index is 0.228. The predicted molar refractivity (Wildman–Crippen MR) is 121 cm³/mol. The molecule has 5 aromatic rings. The molecule has 0 atom stereocenters. The third kappa shape index (κ3) is 3.47. The van der Waals surface area contributed by atoms with Crippen molar-refractivity contribution in [1.29, 1.82) is 0 Å². The number of benzene rings is 3. The first-order valence-corrected chi connectivity index (χ1v) is 9.99. The Labute approximate surface area is 182 Å². The number of aromatic nitrogens is 5. The fourth-order valence-corrected chi connectivity index (χ4v) is 3.68. The van der Waals surface area contributed by atoms with Crippen molar-refractivity contribution in [3.05, 3.63) is 106 Å². The average molecular weight is 425 g/mol. The summed E-state index contributed by atoms with van der Waals surface area (Å²) in [6.45, 7) is 0.390. The molecule has 3 aromatic carbocycles. The Bertz CT molecular complexity index is 1530. The van der Waals surface area contributed by atoms with E-state index in [0.29, 0.717) is 23.3 Å². The molecule has 5 rings (SSSR count). The minimum Gasteiger partial charge on any atom is -0.497 e. The van der Waals surface area contributed by atoms with Gasteiger partial charge in [-0.25, -0.2) is 9.89 Å². The van der Waals surface area contributed by atoms with E-state index in [0.717, 1.165) is 22.3 Å². The van der Waals surface area contributed by atoms with Crippen molar-refractivity contribution < 1.29 is 4.74 Å². The van der Waals surface area contributed by atoms with Crippen molar-refractivity contribution >= 4 is 10.8 Å². The van der Waals surface area contributed by atoms with Crippen LogP contribution in [0, 0.1) is 0 Å². The summed E-state index contributed by atoms with van der Waals surface area (Å²) in [5.41, 5.74) is 2.60. The highest BCUT2D eigenvalue weighted by Crippen LogP contribution is 2.24. The second-order valence-corrected chi connectivity index (χ2v) is 7.30. The molecule has 0 bridgehead atoms. The van der Waals surface area contributed by atoms with Crippen molar-refractivity contribution in [2.45, 2.75) is 6.54 Å². The SMILES string of the molecule is COc1cccc(Cn2cnn(-c3ccc(-c4n[nH]c(=O)c5ccccc45)cc3)c2=O)c1. The van der Waals surface area contributed by atoms with Crippen molar-refractivity contribution in [2.75, 3.05) is 7.11 Å². The molecular weight excluding hydrogens is 406 g/mol. The van der Waals surface area contributed by atoms with Crippen LogP contribution in [0.5, 0.6) is 5.75 Å². The van der Waals surface area contributed by atoms with Gasteiger partial charge in [0, 0.05) is 10.9 Å². The van der Waals surface area contributed by atoms with E-state index in [1.807, 2.05) is 54.6 Å². The van der Waals surface area contributed by atoms with Crippen LogP contribution < -0.4 is 16.0 Å². The first-order chi connectivity index (χ1) is 15.6. The van der Waals surface area contributed by atoms with Crippen LogP contribution in [0.1, 0.15) is 5.56 Å². The molecule has 0 unspecified atom stereocenters. The standard InChI is InChI=1S/C24H19N5O3/c1-32-19-6-4-5-16(13-19)14-28-15-25-29(24(28)31)18-11-9-17(10-12-18)22-20-7-2-3-8-21(20)23(30)27-26-22/h2-13,15H,14H2,1H3,(H,27,30). The zero-order chi connectivity index (χ0) is 22.1. The van der Waals surface area contributed by atoms with Crippen LogP contribution in [-0.4, -0.2) is 31.7 Å². The van der Waals surface area contributed by atoms with Gasteiger partial charge >= 0.3 is 5.69 Å². The number of hydrogen-bond donors (Lipinski definition) is 1. The zero-order valence-electron chi connectivity index (χ0n) is 17.2. The molecule has 2 heterocycles. The van der Waals surface area contributed by atoms with Gasteiger partial charge in [0.1, 0.15) is 12.1 Å². The predicted octanol–water partition coefficient (Wildman–Crippen LogP) is 2.99. The second-order valence-electron chi connectivity index (χ2n) is 7.30. The van der Waals surface area contributed by atoms with Gasteiger partial charge in [0.05, 0.1) is 30.4 Å². The van der Waals surface area contributed by atoms with E-state index < -0.39 is 0 Å². The largest absolute Gasteiger partial charge is 0.497 e. The normalized spacial score (nSPS) is 11.0. The van der Waals surface area contributed by atoms with Crippen LogP contribution in [0.2, 0.25) is 0 Å². The molecule has 32 heavy (non-hydrogen) atoms. The topological polar surface area (TPSA) is 94.8 Å². The van der Waals surface area contributed by atoms with Gasteiger partial charge < -0.3 is 4.74 Å². The van der Waals surface area contributed by atoms with Crippen molar-refractivity contribution in [2.24, 2.45) is 0 Å². The van der Waals surface area contributed by atoms with Crippen LogP contribution >= 0.6 is 0 Å². The van der Waals surface area contributed by atoms with Gasteiger partial charge in [-0.1, -0.05) is 42.5 Å². The highest BCUT2D eigenvalue weighted by Gasteiger charge is 2.11. The zero-order valence-corrected chi connectivity index (χ0v) is 17.2. The number of fused-ring (bicyclic) bond motifs is 1. The second kappa shape index (κ2) is 7.99. The molecule has 0 radical (unpaired) electrons. The fraction of sp³-hybridized carbons (Fsp3) is 0.0833. The summed E-state index contributed by atoms with van der Waals surface area (Å²) in [5, 5.41) is 12.4. The van der Waals surface area contributed by atoms with Gasteiger partial charge in [0.2, 0.25) is 0 Å². The van der Waals surface area contributed by atoms with Gasteiger partial charge in [0.15, 0.2) is 0 Å². The molecule has 0 saturated carbocycles. The molecule has 0 saturated heterocycles. The Kier molecular flexibility index (Phi) is 4.87. The third-order valence-corrected chi connectivity index (χ3v) is 5.30. The molecular formula is C24H19N5O3. The van der Waals surface area contributed by atoms with Crippen LogP contribution in [-0.2, 0) is 6.54 Å². The van der Waals surface area contributed by atoms with E-state index in [1.54, 1.807) is 29.9 Å². The Morgan fingerprint density at radius 1 is 0.938 bits per heavy atom. The molecule has 8 heteroatoms. The summed E-state index contributed by atoms with van der Waals surface area (Å²) in [4.78, 5) is 24.9. The minimum atomic E-state index is -0.242. The lowest BCUT2D eigenvalue weighted by Gasteiger charge is -2.06. The van der Waals surface area contributed by atoms with Gasteiger partial charge in [-0.15, -0.1) is 0 Å². The number of ether oxygens (including phenoxy) is 1. The Morgan fingerprint density at radius 3 is 2.50 bits per heavy atom. The lowest BCUT2D eigenvalue weighted by atomic mass is 10.0. The summed E-state index contributed by atoms with van der Waals surface area (Å²) in [5.74, 6) is 0.738. The van der Waals surface area contributed by atoms with Crippen LogP contribution in [0.15, 0.2) is 88.7 Å². The van der Waals surface area contributed by atoms with E-state index in [2.05, 4.69) is 15.3 Å². The maximum atomic E-state index is 12.9. The van der Waals surface area contributed by atoms with E-state index >= 15 is 0 Å². The fourth-order valence-electron chi connectivity index (χ4n) is 3.68. The molecule has 1 N–H and O–H groups in total. The molecule has 0 aliphatic carbocycles. The van der Waals surface area contributed by atoms with Crippen molar-refractivity contribution in [1.82, 2.24) is 24.5 Å². The number of methoxy groups -OCH3 is 1. The molecule has 0 amide bonds. The first kappa shape index (κ1) is 19.5. The lowest BCUT2D eigenvalue weighted by molar-refractivity contribution is 0.414. The summed E-state index contributed by atoms with van der Waals surface area (Å²) >= 11 is 0. The third-order valence-electron chi connectivity index (χ3n) is 5.30. The highest BCUT2D eigenvalue weighted by atomic mass is 16.5. The average Bonchev–Trinajstić information content (AvgIpc) is 3.19. The molecule has 0 fully saturated rings. The van der Waals surface area contributed by atoms with Gasteiger partial charge in [-0.05, 0) is 35.9 Å². The maximum Gasteiger partial charge on any atom is 0.350 e. The molecule has 8 nitrogen and oxygen atoms in total. The molecule has 2 aromatic heterocycles. The van der Waals surface area contributed by atoms with Crippen LogP contribution in [0.4, 0.5) is 0 Å². The Balaban J connectivity index is 1.46. The molecule has 0 aliphatic rings. The maximum absolute atomic E-state index is 12.9. The number of rotatable bonds is 5. The smallest absolute Gasteiger partial charge is 0.350 e. The monoisotopic (exact) mass is 425 g/mol. The molecule has 158 valence electrons. The number of hydrogen-bond acceptors (Lipinski definition) is 5. The Hall–Kier alpha value is -4.46. The number of aromatic amines is 1. The van der Waals surface area contributed by atoms with E-state index in [1.165, 1.54) is 11.0 Å². The lowest BCUT2D eigenvalue weighted by Crippen LogP contribution is -2.24. The summed E-state index contributed by atoms with van der Waals surface area (Å²) in [6, 6.07) is 22.2. The highest BCUT2D eigenvalue weighted by molar-refractivity contribution is 5.93. The van der Waals surface area contributed by atoms with Crippen LogP contribution in [0.3, 0.4) is 0 Å². The van der Waals surface area contributed by atoms with Gasteiger partial charge in [-0.3, -0.25) is 9.36 Å². The summed E-state index contributed by atoms with van der Waals surface area (Å²) in [6.07, 6.45) is 1.52. The van der Waals surface area contributed by atoms with Crippen LogP contribution in [0.25, 0.3) is 27.7 Å². The van der Waals surface area contributed by atoms with E-state index in [4.69, 9.17) is 4.74 Å². The summed E-state index contributed by atoms with van der Waals surface area (Å²) < 4.78 is 8.14. The quantitative estimate of drug-likeness (QED) is 0.467. The number of nitrogens with zero attached hydrogens (tertiary/aromatic N) is 4. The number of H-pyrrole nitrogens is 1. The van der Waals surface area contributed by atoms with Gasteiger partial charge in [0.25, 0.3) is 5.56 Å². The van der Waals surface area contributed by atoms with Crippen molar-refractivity contribution in [3.63, 3.8) is 0 Å². The van der Waals surface area contributed by atoms with E-state index in [-0.39, 0.29) is 11.2 Å². The molecule has 0 spiro atoms. The van der Waals surface area contributed by atoms with E-state index in [9.17, 15) is 9.59 Å². The molecule has 0 aliphatic heterocycles. The first-order valence-electron chi connectivity index (χ1n) is 9.99. The summed E-state index contributed by atoms with van der Waals surface area (Å²) in [7, 11) is 1.61. The number of nitrogens with one attached hydrogen (secondary N) is 1.